The van der Waals surface area contributed by atoms with Gasteiger partial charge in [0.2, 0.25) is 0 Å². The van der Waals surface area contributed by atoms with Crippen molar-refractivity contribution in [3.63, 3.8) is 0 Å². The van der Waals surface area contributed by atoms with Crippen LogP contribution >= 0.6 is 0 Å². The van der Waals surface area contributed by atoms with Gasteiger partial charge in [0.05, 0.1) is 24.0 Å². The topological polar surface area (TPSA) is 47.0 Å². The number of aryl methyl sites for hydroxylation is 1. The Morgan fingerprint density at radius 3 is 2.47 bits per heavy atom. The lowest BCUT2D eigenvalue weighted by atomic mass is 10.1. The lowest BCUT2D eigenvalue weighted by Gasteiger charge is -2.16. The molecule has 2 rings (SSSR count). The third-order valence-electron chi connectivity index (χ3n) is 2.88. The average Bonchev–Trinajstić information content (AvgIpc) is 2.42. The molecule has 0 bridgehead atoms. The molecule has 0 saturated heterocycles. The van der Waals surface area contributed by atoms with E-state index in [1.54, 1.807) is 12.4 Å². The average molecular weight is 257 g/mol. The smallest absolute Gasteiger partial charge is 0.119 e. The molecule has 4 heteroatoms. The molecule has 1 heterocycles. The Morgan fingerprint density at radius 1 is 1.16 bits per heavy atom. The van der Waals surface area contributed by atoms with Crippen LogP contribution in [0.4, 0.5) is 5.69 Å². The fraction of sp³-hybridized carbons (Fsp3) is 0.333. The van der Waals surface area contributed by atoms with E-state index in [-0.39, 0.29) is 6.04 Å². The predicted molar refractivity (Wildman–Crippen MR) is 76.4 cm³/mol. The van der Waals surface area contributed by atoms with Crippen LogP contribution in [0.2, 0.25) is 0 Å². The Hall–Kier alpha value is -2.10. The second-order valence-electron chi connectivity index (χ2n) is 4.35. The molecule has 0 spiro atoms. The van der Waals surface area contributed by atoms with Gasteiger partial charge < -0.3 is 10.1 Å². The van der Waals surface area contributed by atoms with Gasteiger partial charge in [-0.3, -0.25) is 9.97 Å². The first kappa shape index (κ1) is 13.3. The monoisotopic (exact) mass is 257 g/mol. The van der Waals surface area contributed by atoms with E-state index in [1.807, 2.05) is 38.1 Å². The van der Waals surface area contributed by atoms with Crippen LogP contribution < -0.4 is 10.1 Å². The molecule has 0 aliphatic rings. The Labute approximate surface area is 113 Å². The van der Waals surface area contributed by atoms with Crippen LogP contribution in [-0.4, -0.2) is 16.6 Å². The number of ether oxygens (including phenoxy) is 1. The zero-order valence-electron chi connectivity index (χ0n) is 11.6. The number of anilines is 1. The molecule has 0 aliphatic heterocycles. The molecule has 0 amide bonds. The van der Waals surface area contributed by atoms with Crippen molar-refractivity contribution in [2.45, 2.75) is 26.8 Å². The summed E-state index contributed by atoms with van der Waals surface area (Å²) in [7, 11) is 0. The van der Waals surface area contributed by atoms with E-state index >= 15 is 0 Å². The van der Waals surface area contributed by atoms with Crippen molar-refractivity contribution in [1.29, 1.82) is 0 Å². The largest absolute Gasteiger partial charge is 0.494 e. The molecule has 19 heavy (non-hydrogen) atoms. The highest BCUT2D eigenvalue weighted by Gasteiger charge is 2.10. The van der Waals surface area contributed by atoms with Crippen molar-refractivity contribution >= 4 is 5.69 Å². The number of hydrogen-bond acceptors (Lipinski definition) is 4. The van der Waals surface area contributed by atoms with Crippen molar-refractivity contribution in [2.75, 3.05) is 11.9 Å². The summed E-state index contributed by atoms with van der Waals surface area (Å²) in [6.45, 7) is 6.71. The van der Waals surface area contributed by atoms with E-state index in [0.717, 1.165) is 22.8 Å². The van der Waals surface area contributed by atoms with Crippen molar-refractivity contribution in [3.8, 4) is 5.75 Å². The minimum atomic E-state index is 0.117. The lowest BCUT2D eigenvalue weighted by molar-refractivity contribution is 0.340. The minimum Gasteiger partial charge on any atom is -0.494 e. The second-order valence-corrected chi connectivity index (χ2v) is 4.35. The minimum absolute atomic E-state index is 0.117. The van der Waals surface area contributed by atoms with Crippen molar-refractivity contribution < 1.29 is 4.74 Å². The third kappa shape index (κ3) is 3.44. The Morgan fingerprint density at radius 2 is 1.84 bits per heavy atom. The molecule has 0 saturated carbocycles. The number of hydrogen-bond donors (Lipinski definition) is 1. The summed E-state index contributed by atoms with van der Waals surface area (Å²) in [5, 5.41) is 3.41. The summed E-state index contributed by atoms with van der Waals surface area (Å²) in [6, 6.07) is 8.05. The fourth-order valence-corrected chi connectivity index (χ4v) is 1.98. The number of rotatable bonds is 5. The molecule has 1 aromatic heterocycles. The third-order valence-corrected chi connectivity index (χ3v) is 2.88. The molecule has 2 aromatic rings. The van der Waals surface area contributed by atoms with Crippen molar-refractivity contribution in [3.05, 3.63) is 48.0 Å². The first-order valence-electron chi connectivity index (χ1n) is 6.47. The van der Waals surface area contributed by atoms with Gasteiger partial charge >= 0.3 is 0 Å². The molecule has 1 atom stereocenters. The summed E-state index contributed by atoms with van der Waals surface area (Å²) in [5.41, 5.74) is 2.96. The molecule has 0 radical (unpaired) electrons. The fourth-order valence-electron chi connectivity index (χ4n) is 1.98. The zero-order chi connectivity index (χ0) is 13.7. The van der Waals surface area contributed by atoms with E-state index < -0.39 is 0 Å². The molecule has 0 fully saturated rings. The summed E-state index contributed by atoms with van der Waals surface area (Å²) < 4.78 is 5.42. The SMILES string of the molecule is CCOc1ccc(NC(C)c2nccnc2C)cc1. The Bertz CT molecular complexity index is 525. The number of benzene rings is 1. The van der Waals surface area contributed by atoms with Crippen molar-refractivity contribution in [2.24, 2.45) is 0 Å². The molecule has 1 unspecified atom stereocenters. The van der Waals surface area contributed by atoms with Gasteiger partial charge in [-0.15, -0.1) is 0 Å². The summed E-state index contributed by atoms with van der Waals surface area (Å²) in [4.78, 5) is 8.63. The van der Waals surface area contributed by atoms with Gasteiger partial charge in [0.25, 0.3) is 0 Å². The van der Waals surface area contributed by atoms with E-state index in [2.05, 4.69) is 22.2 Å². The summed E-state index contributed by atoms with van der Waals surface area (Å²) >= 11 is 0. The highest BCUT2D eigenvalue weighted by Crippen LogP contribution is 2.21. The molecule has 0 aliphatic carbocycles. The summed E-state index contributed by atoms with van der Waals surface area (Å²) in [5.74, 6) is 0.886. The normalized spacial score (nSPS) is 11.9. The van der Waals surface area contributed by atoms with Gasteiger partial charge in [-0.1, -0.05) is 0 Å². The lowest BCUT2D eigenvalue weighted by Crippen LogP contribution is -2.10. The molecule has 1 aromatic carbocycles. The van der Waals surface area contributed by atoms with Gasteiger partial charge in [0, 0.05) is 18.1 Å². The van der Waals surface area contributed by atoms with Crippen LogP contribution in [0.1, 0.15) is 31.3 Å². The maximum absolute atomic E-state index is 5.42. The van der Waals surface area contributed by atoms with Gasteiger partial charge in [0.15, 0.2) is 0 Å². The number of nitrogens with zero attached hydrogens (tertiary/aromatic N) is 2. The maximum Gasteiger partial charge on any atom is 0.119 e. The molecule has 100 valence electrons. The van der Waals surface area contributed by atoms with Crippen LogP contribution in [0, 0.1) is 6.92 Å². The number of aromatic nitrogens is 2. The summed E-state index contributed by atoms with van der Waals surface area (Å²) in [6.07, 6.45) is 3.43. The van der Waals surface area contributed by atoms with Crippen molar-refractivity contribution in [1.82, 2.24) is 9.97 Å². The molecular formula is C15H19N3O. The highest BCUT2D eigenvalue weighted by molar-refractivity contribution is 5.47. The zero-order valence-corrected chi connectivity index (χ0v) is 11.6. The maximum atomic E-state index is 5.42. The van der Waals surface area contributed by atoms with E-state index in [9.17, 15) is 0 Å². The predicted octanol–water partition coefficient (Wildman–Crippen LogP) is 3.36. The highest BCUT2D eigenvalue weighted by atomic mass is 16.5. The quantitative estimate of drug-likeness (QED) is 0.892. The molecule has 1 N–H and O–H groups in total. The molecular weight excluding hydrogens is 238 g/mol. The van der Waals surface area contributed by atoms with Crippen LogP contribution in [-0.2, 0) is 0 Å². The number of nitrogens with one attached hydrogen (secondary N) is 1. The first-order valence-corrected chi connectivity index (χ1v) is 6.47. The van der Waals surface area contributed by atoms with Crippen LogP contribution in [0.5, 0.6) is 5.75 Å². The van der Waals surface area contributed by atoms with Crippen LogP contribution in [0.3, 0.4) is 0 Å². The Kier molecular flexibility index (Phi) is 4.34. The van der Waals surface area contributed by atoms with Gasteiger partial charge in [-0.25, -0.2) is 0 Å². The van der Waals surface area contributed by atoms with E-state index in [0.29, 0.717) is 6.61 Å². The molecule has 4 nitrogen and oxygen atoms in total. The first-order chi connectivity index (χ1) is 9.20. The second kappa shape index (κ2) is 6.18. The van der Waals surface area contributed by atoms with Crippen LogP contribution in [0.25, 0.3) is 0 Å². The Balaban J connectivity index is 2.06. The van der Waals surface area contributed by atoms with Gasteiger partial charge in [-0.05, 0) is 45.0 Å². The standard InChI is InChI=1S/C15H19N3O/c1-4-19-14-7-5-13(6-8-14)18-12(3)15-11(2)16-9-10-17-15/h5-10,12,18H,4H2,1-3H3. The van der Waals surface area contributed by atoms with Gasteiger partial charge in [-0.2, -0.15) is 0 Å². The van der Waals surface area contributed by atoms with E-state index in [4.69, 9.17) is 4.74 Å². The van der Waals surface area contributed by atoms with Gasteiger partial charge in [0.1, 0.15) is 5.75 Å². The van der Waals surface area contributed by atoms with Crippen LogP contribution in [0.15, 0.2) is 36.7 Å². The van der Waals surface area contributed by atoms with E-state index in [1.165, 1.54) is 0 Å².